The summed E-state index contributed by atoms with van der Waals surface area (Å²) in [5.74, 6) is 0.656. The molecule has 3 N–H and O–H groups in total. The number of aromatic nitrogens is 3. The molecule has 0 bridgehead atoms. The van der Waals surface area contributed by atoms with E-state index in [9.17, 15) is 14.0 Å². The number of aliphatic hydroxyl groups is 1. The molecule has 1 saturated heterocycles. The second-order valence-corrected chi connectivity index (χ2v) is 10.9. The molecule has 8 nitrogen and oxygen atoms in total. The van der Waals surface area contributed by atoms with Crippen LogP contribution in [0.15, 0.2) is 90.2 Å². The molecule has 38 heavy (non-hydrogen) atoms. The molecule has 10 heteroatoms. The molecule has 2 aromatic heterocycles. The van der Waals surface area contributed by atoms with Crippen molar-refractivity contribution in [2.45, 2.75) is 24.2 Å². The van der Waals surface area contributed by atoms with E-state index in [0.29, 0.717) is 41.9 Å². The van der Waals surface area contributed by atoms with Crippen molar-refractivity contribution in [2.24, 2.45) is 5.41 Å². The lowest BCUT2D eigenvalue weighted by Crippen LogP contribution is -2.48. The van der Waals surface area contributed by atoms with Gasteiger partial charge in [0, 0.05) is 41.9 Å². The maximum absolute atomic E-state index is 13.4. The van der Waals surface area contributed by atoms with Gasteiger partial charge in [0.05, 0.1) is 24.5 Å². The van der Waals surface area contributed by atoms with Crippen molar-refractivity contribution in [3.63, 3.8) is 0 Å². The fourth-order valence-electron chi connectivity index (χ4n) is 4.67. The summed E-state index contributed by atoms with van der Waals surface area (Å²) in [6.07, 6.45) is 7.64. The van der Waals surface area contributed by atoms with Crippen LogP contribution in [-0.4, -0.2) is 48.6 Å². The first-order valence-electron chi connectivity index (χ1n) is 12.4. The Morgan fingerprint density at radius 3 is 2.50 bits per heavy atom. The van der Waals surface area contributed by atoms with Crippen LogP contribution in [0.25, 0.3) is 0 Å². The topological polar surface area (TPSA) is 109 Å². The monoisotopic (exact) mass is 532 g/mol. The van der Waals surface area contributed by atoms with Gasteiger partial charge in [-0.25, -0.2) is 9.37 Å². The highest BCUT2D eigenvalue weighted by molar-refractivity contribution is 7.89. The van der Waals surface area contributed by atoms with E-state index in [-0.39, 0.29) is 17.8 Å². The number of benzene rings is 2. The largest absolute Gasteiger partial charge is 0.593 e. The molecule has 4 aromatic rings. The van der Waals surface area contributed by atoms with Gasteiger partial charge in [0.1, 0.15) is 11.6 Å². The van der Waals surface area contributed by atoms with Crippen LogP contribution in [0, 0.1) is 11.2 Å². The minimum absolute atomic E-state index is 0.0353. The van der Waals surface area contributed by atoms with Crippen LogP contribution < -0.4 is 10.6 Å². The minimum atomic E-state index is -1.35. The Labute approximate surface area is 224 Å². The van der Waals surface area contributed by atoms with E-state index in [4.69, 9.17) is 0 Å². The second-order valence-electron chi connectivity index (χ2n) is 9.46. The molecule has 0 amide bonds. The highest BCUT2D eigenvalue weighted by Crippen LogP contribution is 2.36. The Hall–Kier alpha value is -3.57. The van der Waals surface area contributed by atoms with E-state index in [1.54, 1.807) is 30.6 Å². The third-order valence-corrected chi connectivity index (χ3v) is 8.04. The summed E-state index contributed by atoms with van der Waals surface area (Å²) >= 11 is -1.35. The van der Waals surface area contributed by atoms with Gasteiger partial charge in [0.15, 0.2) is 4.90 Å². The third kappa shape index (κ3) is 6.46. The molecular weight excluding hydrogens is 503 g/mol. The molecule has 5 rings (SSSR count). The first-order valence-corrected chi connectivity index (χ1v) is 13.5. The predicted molar refractivity (Wildman–Crippen MR) is 146 cm³/mol. The molecule has 3 heterocycles. The van der Waals surface area contributed by atoms with Crippen LogP contribution in [0.1, 0.15) is 18.4 Å². The van der Waals surface area contributed by atoms with Crippen LogP contribution in [0.5, 0.6) is 0 Å². The number of nitrogens with one attached hydrogen (secondary N) is 2. The zero-order valence-corrected chi connectivity index (χ0v) is 21.6. The van der Waals surface area contributed by atoms with Crippen molar-refractivity contribution in [3.05, 3.63) is 96.7 Å². The fourth-order valence-corrected chi connectivity index (χ4v) is 6.02. The van der Waals surface area contributed by atoms with Gasteiger partial charge < -0.3 is 20.3 Å². The fraction of sp³-hybridized carbons (Fsp3) is 0.250. The van der Waals surface area contributed by atoms with Gasteiger partial charge in [-0.05, 0) is 85.5 Å². The molecule has 0 saturated carbocycles. The Bertz CT molecular complexity index is 1330. The lowest BCUT2D eigenvalue weighted by molar-refractivity contribution is 0.0644. The first-order chi connectivity index (χ1) is 18.5. The predicted octanol–water partition coefficient (Wildman–Crippen LogP) is 4.84. The molecule has 2 aromatic carbocycles. The minimum Gasteiger partial charge on any atom is -0.593 e. The summed E-state index contributed by atoms with van der Waals surface area (Å²) in [5.41, 5.74) is 2.20. The maximum Gasteiger partial charge on any atom is 0.229 e. The van der Waals surface area contributed by atoms with Crippen molar-refractivity contribution in [1.29, 1.82) is 0 Å². The van der Waals surface area contributed by atoms with Crippen LogP contribution in [-0.2, 0) is 17.8 Å². The van der Waals surface area contributed by atoms with Gasteiger partial charge in [-0.2, -0.15) is 4.98 Å². The molecular formula is C28H29FN6O2S. The number of hydrogen-bond donors (Lipinski definition) is 3. The second kappa shape index (κ2) is 11.9. The number of aliphatic hydroxyl groups excluding tert-OH is 1. The van der Waals surface area contributed by atoms with Gasteiger partial charge >= 0.3 is 0 Å². The van der Waals surface area contributed by atoms with Gasteiger partial charge in [0.25, 0.3) is 0 Å². The van der Waals surface area contributed by atoms with Crippen molar-refractivity contribution in [3.8, 4) is 0 Å². The SMILES string of the molecule is [O-][S+](c1ccc(Nc2nccc(Nc3ccc(F)cc3)n2)cc1)N1CCCC(CO)(Cc2cccnc2)C1. The molecule has 196 valence electrons. The summed E-state index contributed by atoms with van der Waals surface area (Å²) < 4.78 is 28.5. The van der Waals surface area contributed by atoms with E-state index >= 15 is 0 Å². The highest BCUT2D eigenvalue weighted by Gasteiger charge is 2.40. The van der Waals surface area contributed by atoms with Crippen LogP contribution in [0.3, 0.4) is 0 Å². The molecule has 1 fully saturated rings. The number of nitrogens with zero attached hydrogens (tertiary/aromatic N) is 4. The normalized spacial score (nSPS) is 18.6. The van der Waals surface area contributed by atoms with E-state index in [1.165, 1.54) is 12.1 Å². The van der Waals surface area contributed by atoms with E-state index in [2.05, 4.69) is 25.6 Å². The number of piperidine rings is 1. The number of anilines is 4. The summed E-state index contributed by atoms with van der Waals surface area (Å²) in [6.45, 7) is 1.29. The number of hydrogen-bond acceptors (Lipinski definition) is 8. The lowest BCUT2D eigenvalue weighted by Gasteiger charge is -2.41. The zero-order chi connectivity index (χ0) is 26.4. The third-order valence-electron chi connectivity index (χ3n) is 6.58. The average molecular weight is 533 g/mol. The number of halogens is 1. The molecule has 1 aliphatic rings. The summed E-state index contributed by atoms with van der Waals surface area (Å²) in [6, 6.07) is 19.0. The average Bonchev–Trinajstić information content (AvgIpc) is 2.95. The van der Waals surface area contributed by atoms with Crippen molar-refractivity contribution in [1.82, 2.24) is 19.3 Å². The summed E-state index contributed by atoms with van der Waals surface area (Å²) in [5, 5.41) is 16.6. The number of pyridine rings is 1. The summed E-state index contributed by atoms with van der Waals surface area (Å²) in [7, 11) is 0. The number of rotatable bonds is 9. The van der Waals surface area contributed by atoms with Crippen molar-refractivity contribution < 1.29 is 14.0 Å². The quantitative estimate of drug-likeness (QED) is 0.263. The Morgan fingerprint density at radius 2 is 1.76 bits per heavy atom. The molecule has 0 radical (unpaired) electrons. The molecule has 0 aliphatic carbocycles. The molecule has 2 unspecified atom stereocenters. The maximum atomic E-state index is 13.4. The van der Waals surface area contributed by atoms with E-state index < -0.39 is 11.4 Å². The molecule has 1 aliphatic heterocycles. The Kier molecular flexibility index (Phi) is 8.14. The summed E-state index contributed by atoms with van der Waals surface area (Å²) in [4.78, 5) is 13.6. The zero-order valence-electron chi connectivity index (χ0n) is 20.8. The van der Waals surface area contributed by atoms with Gasteiger partial charge in [-0.3, -0.25) is 4.98 Å². The first kappa shape index (κ1) is 26.1. The van der Waals surface area contributed by atoms with Crippen molar-refractivity contribution >= 4 is 34.5 Å². The standard InChI is InChI=1S/C28H29FN6O2S/c29-22-4-6-23(7-5-22)32-26-12-15-31-27(34-26)33-24-8-10-25(11-9-24)38(37)35-16-2-13-28(19-35,20-36)17-21-3-1-14-30-18-21/h1,3-12,14-15,18,36H,2,13,16-17,19-20H2,(H2,31,32,33,34). The Morgan fingerprint density at radius 1 is 1.00 bits per heavy atom. The van der Waals surface area contributed by atoms with Gasteiger partial charge in [-0.15, -0.1) is 4.31 Å². The van der Waals surface area contributed by atoms with Crippen LogP contribution in [0.4, 0.5) is 27.5 Å². The van der Waals surface area contributed by atoms with Crippen LogP contribution >= 0.6 is 0 Å². The van der Waals surface area contributed by atoms with Gasteiger partial charge in [0.2, 0.25) is 5.95 Å². The van der Waals surface area contributed by atoms with E-state index in [0.717, 1.165) is 24.1 Å². The smallest absolute Gasteiger partial charge is 0.229 e. The molecule has 2 atom stereocenters. The van der Waals surface area contributed by atoms with E-state index in [1.807, 2.05) is 46.9 Å². The lowest BCUT2D eigenvalue weighted by atomic mass is 9.77. The van der Waals surface area contributed by atoms with Gasteiger partial charge in [-0.1, -0.05) is 6.07 Å². The highest BCUT2D eigenvalue weighted by atomic mass is 32.2. The Balaban J connectivity index is 1.22. The van der Waals surface area contributed by atoms with Crippen LogP contribution in [0.2, 0.25) is 0 Å². The van der Waals surface area contributed by atoms with Crippen molar-refractivity contribution in [2.75, 3.05) is 30.3 Å². The molecule has 0 spiro atoms.